The maximum absolute atomic E-state index is 13.5. The minimum absolute atomic E-state index is 0.229. The lowest BCUT2D eigenvalue weighted by Gasteiger charge is -2.33. The fourth-order valence-corrected chi connectivity index (χ4v) is 3.94. The van der Waals surface area contributed by atoms with Crippen molar-refractivity contribution in [3.8, 4) is 0 Å². The van der Waals surface area contributed by atoms with E-state index in [-0.39, 0.29) is 12.5 Å². The molecule has 0 aliphatic rings. The van der Waals surface area contributed by atoms with Gasteiger partial charge >= 0.3 is 5.97 Å². The molecule has 0 saturated heterocycles. The van der Waals surface area contributed by atoms with E-state index >= 15 is 0 Å². The number of aromatic nitrogens is 1. The van der Waals surface area contributed by atoms with Crippen molar-refractivity contribution in [3.05, 3.63) is 81.5 Å². The molecular formula is C24H28N2O3S. The van der Waals surface area contributed by atoms with Gasteiger partial charge in [-0.3, -0.25) is 9.78 Å². The molecule has 0 radical (unpaired) electrons. The normalized spacial score (nSPS) is 12.1. The van der Waals surface area contributed by atoms with Gasteiger partial charge in [-0.15, -0.1) is 11.3 Å². The molecule has 2 heterocycles. The van der Waals surface area contributed by atoms with Gasteiger partial charge in [-0.05, 0) is 63.8 Å². The van der Waals surface area contributed by atoms with Crippen molar-refractivity contribution in [2.24, 2.45) is 0 Å². The Labute approximate surface area is 182 Å². The number of hydrogen-bond donors (Lipinski definition) is 0. The molecule has 2 aromatic heterocycles. The molecule has 158 valence electrons. The fourth-order valence-electron chi connectivity index (χ4n) is 3.12. The first kappa shape index (κ1) is 23.3. The Morgan fingerprint density at radius 3 is 2.47 bits per heavy atom. The summed E-state index contributed by atoms with van der Waals surface area (Å²) in [6, 6.07) is 6.90. The third-order valence-corrected chi connectivity index (χ3v) is 5.34. The minimum atomic E-state index is -0.615. The SMILES string of the molecule is C=C(C)N(C(=O)/C(C)=C\c1cccnc1)C(C(C(=O)OCC)=C(C)C)c1cccs1. The topological polar surface area (TPSA) is 59.5 Å². The highest BCUT2D eigenvalue weighted by molar-refractivity contribution is 7.10. The van der Waals surface area contributed by atoms with Gasteiger partial charge in [0.2, 0.25) is 0 Å². The molecule has 5 nitrogen and oxygen atoms in total. The molecular weight excluding hydrogens is 396 g/mol. The van der Waals surface area contributed by atoms with Crippen molar-refractivity contribution in [1.29, 1.82) is 0 Å². The number of amides is 1. The van der Waals surface area contributed by atoms with E-state index in [2.05, 4.69) is 11.6 Å². The van der Waals surface area contributed by atoms with Crippen LogP contribution in [0.25, 0.3) is 6.08 Å². The molecule has 0 bridgehead atoms. The maximum Gasteiger partial charge on any atom is 0.336 e. The first-order valence-corrected chi connectivity index (χ1v) is 10.6. The first-order valence-electron chi connectivity index (χ1n) is 9.73. The average Bonchev–Trinajstić information content (AvgIpc) is 3.22. The number of carbonyl (C=O) groups excluding carboxylic acids is 2. The third kappa shape index (κ3) is 5.54. The fraction of sp³-hybridized carbons (Fsp3) is 0.292. The standard InChI is InChI=1S/C24H28N2O3S/c1-7-29-24(28)21(16(2)3)22(20-11-9-13-30-20)26(17(4)5)23(27)18(6)14-19-10-8-12-25-15-19/h8-15,22H,4,7H2,1-3,5-6H3/b18-14-. The third-order valence-electron chi connectivity index (χ3n) is 4.41. The lowest BCUT2D eigenvalue weighted by molar-refractivity contribution is -0.139. The second kappa shape index (κ2) is 10.7. The molecule has 0 saturated carbocycles. The lowest BCUT2D eigenvalue weighted by atomic mass is 9.97. The molecule has 0 aliphatic carbocycles. The average molecular weight is 425 g/mol. The van der Waals surface area contributed by atoms with E-state index in [9.17, 15) is 9.59 Å². The van der Waals surface area contributed by atoms with Crippen LogP contribution in [0.3, 0.4) is 0 Å². The summed E-state index contributed by atoms with van der Waals surface area (Å²) in [6.45, 7) is 13.3. The molecule has 30 heavy (non-hydrogen) atoms. The predicted octanol–water partition coefficient (Wildman–Crippen LogP) is 5.55. The van der Waals surface area contributed by atoms with E-state index in [1.165, 1.54) is 11.3 Å². The van der Waals surface area contributed by atoms with Crippen molar-refractivity contribution >= 4 is 29.3 Å². The Hall–Kier alpha value is -2.99. The highest BCUT2D eigenvalue weighted by Gasteiger charge is 2.35. The van der Waals surface area contributed by atoms with Crippen molar-refractivity contribution in [2.75, 3.05) is 6.61 Å². The van der Waals surface area contributed by atoms with E-state index in [4.69, 9.17) is 4.74 Å². The second-order valence-corrected chi connectivity index (χ2v) is 8.06. The molecule has 2 rings (SSSR count). The first-order chi connectivity index (χ1) is 14.3. The summed E-state index contributed by atoms with van der Waals surface area (Å²) in [5.41, 5.74) is 3.13. The van der Waals surface area contributed by atoms with Gasteiger partial charge in [-0.25, -0.2) is 4.79 Å². The lowest BCUT2D eigenvalue weighted by Crippen LogP contribution is -2.36. The summed E-state index contributed by atoms with van der Waals surface area (Å²) in [6.07, 6.45) is 5.16. The van der Waals surface area contributed by atoms with Crippen LogP contribution < -0.4 is 0 Å². The number of rotatable bonds is 8. The summed E-state index contributed by atoms with van der Waals surface area (Å²) in [7, 11) is 0. The molecule has 1 unspecified atom stereocenters. The van der Waals surface area contributed by atoms with Gasteiger partial charge in [0.05, 0.1) is 12.2 Å². The van der Waals surface area contributed by atoms with Crippen LogP contribution >= 0.6 is 11.3 Å². The van der Waals surface area contributed by atoms with Crippen molar-refractivity contribution in [3.63, 3.8) is 0 Å². The molecule has 0 spiro atoms. The zero-order valence-electron chi connectivity index (χ0n) is 18.1. The Morgan fingerprint density at radius 2 is 1.97 bits per heavy atom. The molecule has 2 aromatic rings. The number of nitrogens with zero attached hydrogens (tertiary/aromatic N) is 2. The predicted molar refractivity (Wildman–Crippen MR) is 122 cm³/mol. The maximum atomic E-state index is 13.5. The Kier molecular flexibility index (Phi) is 8.30. The molecule has 1 atom stereocenters. The van der Waals surface area contributed by atoms with E-state index in [1.54, 1.807) is 44.1 Å². The molecule has 1 amide bonds. The van der Waals surface area contributed by atoms with Crippen LogP contribution in [-0.4, -0.2) is 28.4 Å². The summed E-state index contributed by atoms with van der Waals surface area (Å²) in [4.78, 5) is 32.9. The van der Waals surface area contributed by atoms with Crippen LogP contribution in [0.4, 0.5) is 0 Å². The molecule has 0 fully saturated rings. The number of thiophene rings is 1. The van der Waals surface area contributed by atoms with Crippen LogP contribution in [0.2, 0.25) is 0 Å². The van der Waals surface area contributed by atoms with Crippen molar-refractivity contribution in [1.82, 2.24) is 9.88 Å². The molecule has 0 aromatic carbocycles. The van der Waals surface area contributed by atoms with Gasteiger partial charge in [0.1, 0.15) is 6.04 Å². The minimum Gasteiger partial charge on any atom is -0.463 e. The van der Waals surface area contributed by atoms with Crippen LogP contribution in [0, 0.1) is 0 Å². The summed E-state index contributed by atoms with van der Waals surface area (Å²) >= 11 is 1.48. The second-order valence-electron chi connectivity index (χ2n) is 7.08. The van der Waals surface area contributed by atoms with Crippen LogP contribution in [-0.2, 0) is 14.3 Å². The summed E-state index contributed by atoms with van der Waals surface area (Å²) in [5, 5.41) is 1.93. The molecule has 6 heteroatoms. The Bertz CT molecular complexity index is 956. The Morgan fingerprint density at radius 1 is 1.23 bits per heavy atom. The molecule has 0 N–H and O–H groups in total. The van der Waals surface area contributed by atoms with Gasteiger partial charge in [-0.2, -0.15) is 0 Å². The highest BCUT2D eigenvalue weighted by Crippen LogP contribution is 2.37. The monoisotopic (exact) mass is 424 g/mol. The zero-order chi connectivity index (χ0) is 22.3. The van der Waals surface area contributed by atoms with Gasteiger partial charge in [-0.1, -0.05) is 24.3 Å². The quantitative estimate of drug-likeness (QED) is 0.412. The van der Waals surface area contributed by atoms with Gasteiger partial charge < -0.3 is 9.64 Å². The Balaban J connectivity index is 2.59. The summed E-state index contributed by atoms with van der Waals surface area (Å²) < 4.78 is 5.33. The number of ether oxygens (including phenoxy) is 1. The molecule has 0 aliphatic heterocycles. The van der Waals surface area contributed by atoms with Crippen molar-refractivity contribution in [2.45, 2.75) is 40.7 Å². The zero-order valence-corrected chi connectivity index (χ0v) is 19.0. The number of hydrogen-bond acceptors (Lipinski definition) is 5. The van der Waals surface area contributed by atoms with Crippen LogP contribution in [0.1, 0.15) is 51.1 Å². The van der Waals surface area contributed by atoms with E-state index in [0.717, 1.165) is 16.0 Å². The van der Waals surface area contributed by atoms with E-state index in [1.807, 2.05) is 43.5 Å². The van der Waals surface area contributed by atoms with Gasteiger partial charge in [0, 0.05) is 28.5 Å². The van der Waals surface area contributed by atoms with E-state index < -0.39 is 12.0 Å². The van der Waals surface area contributed by atoms with Gasteiger partial charge in [0.25, 0.3) is 5.91 Å². The highest BCUT2D eigenvalue weighted by atomic mass is 32.1. The van der Waals surface area contributed by atoms with Crippen molar-refractivity contribution < 1.29 is 14.3 Å². The smallest absolute Gasteiger partial charge is 0.336 e. The summed E-state index contributed by atoms with van der Waals surface area (Å²) in [5.74, 6) is -0.656. The van der Waals surface area contributed by atoms with E-state index in [0.29, 0.717) is 16.8 Å². The van der Waals surface area contributed by atoms with Gasteiger partial charge in [0.15, 0.2) is 0 Å². The van der Waals surface area contributed by atoms with Crippen LogP contribution in [0.5, 0.6) is 0 Å². The number of esters is 1. The largest absolute Gasteiger partial charge is 0.463 e. The number of carbonyl (C=O) groups is 2. The number of pyridine rings is 1. The van der Waals surface area contributed by atoms with Crippen LogP contribution in [0.15, 0.2) is 71.0 Å². The number of allylic oxidation sites excluding steroid dienone is 2.